The molecular weight excluding hydrogens is 132 g/mol. The molecule has 0 saturated carbocycles. The van der Waals surface area contributed by atoms with Crippen LogP contribution in [0.15, 0.2) is 22.8 Å². The highest BCUT2D eigenvalue weighted by Gasteiger charge is 2.08. The average molecular weight is 150 g/mol. The molecule has 0 heteroatoms. The smallest absolute Gasteiger partial charge is 0.0127 e. The lowest BCUT2D eigenvalue weighted by Gasteiger charge is -2.02. The summed E-state index contributed by atoms with van der Waals surface area (Å²) in [6, 6.07) is 0. The third kappa shape index (κ3) is 1.95. The predicted octanol–water partition coefficient (Wildman–Crippen LogP) is 3.84. The van der Waals surface area contributed by atoms with Gasteiger partial charge in [-0.25, -0.2) is 0 Å². The van der Waals surface area contributed by atoms with Crippen LogP contribution in [-0.2, 0) is 0 Å². The normalized spacial score (nSPS) is 17.5. The van der Waals surface area contributed by atoms with E-state index in [4.69, 9.17) is 0 Å². The molecule has 0 aliphatic heterocycles. The van der Waals surface area contributed by atoms with Crippen LogP contribution < -0.4 is 0 Å². The molecule has 0 N–H and O–H groups in total. The SMILES string of the molecule is CCCCC1=C(C)C(C)=CC1. The molecule has 0 fully saturated rings. The summed E-state index contributed by atoms with van der Waals surface area (Å²) in [5, 5.41) is 0. The van der Waals surface area contributed by atoms with Crippen LogP contribution in [-0.4, -0.2) is 0 Å². The molecule has 0 aromatic heterocycles. The molecule has 0 bridgehead atoms. The quantitative estimate of drug-likeness (QED) is 0.573. The van der Waals surface area contributed by atoms with E-state index in [0.29, 0.717) is 0 Å². The highest BCUT2D eigenvalue weighted by molar-refractivity contribution is 5.39. The Morgan fingerprint density at radius 1 is 1.36 bits per heavy atom. The molecule has 0 heterocycles. The van der Waals surface area contributed by atoms with E-state index in [2.05, 4.69) is 26.8 Å². The maximum absolute atomic E-state index is 2.35. The van der Waals surface area contributed by atoms with Crippen molar-refractivity contribution in [2.24, 2.45) is 0 Å². The largest absolute Gasteiger partial charge is 0.0772 e. The second-order valence-electron chi connectivity index (χ2n) is 3.42. The Morgan fingerprint density at radius 2 is 2.09 bits per heavy atom. The summed E-state index contributed by atoms with van der Waals surface area (Å²) in [6.45, 7) is 6.73. The third-order valence-electron chi connectivity index (χ3n) is 2.61. The second kappa shape index (κ2) is 3.75. The van der Waals surface area contributed by atoms with Gasteiger partial charge in [0.1, 0.15) is 0 Å². The molecule has 0 nitrogen and oxygen atoms in total. The Labute approximate surface area is 70.0 Å². The summed E-state index contributed by atoms with van der Waals surface area (Å²) in [7, 11) is 0. The van der Waals surface area contributed by atoms with Gasteiger partial charge < -0.3 is 0 Å². The Morgan fingerprint density at radius 3 is 2.55 bits per heavy atom. The van der Waals surface area contributed by atoms with Crippen LogP contribution in [0, 0.1) is 0 Å². The summed E-state index contributed by atoms with van der Waals surface area (Å²) in [5.74, 6) is 0. The van der Waals surface area contributed by atoms with Gasteiger partial charge in [0.05, 0.1) is 0 Å². The van der Waals surface area contributed by atoms with Crippen molar-refractivity contribution in [3.8, 4) is 0 Å². The van der Waals surface area contributed by atoms with Crippen molar-refractivity contribution >= 4 is 0 Å². The summed E-state index contributed by atoms with van der Waals surface area (Å²) in [5.41, 5.74) is 4.72. The van der Waals surface area contributed by atoms with Crippen molar-refractivity contribution in [1.29, 1.82) is 0 Å². The van der Waals surface area contributed by atoms with Gasteiger partial charge in [0, 0.05) is 0 Å². The summed E-state index contributed by atoms with van der Waals surface area (Å²) in [4.78, 5) is 0. The maximum Gasteiger partial charge on any atom is -0.0127 e. The van der Waals surface area contributed by atoms with Crippen molar-refractivity contribution in [2.75, 3.05) is 0 Å². The van der Waals surface area contributed by atoms with Gasteiger partial charge in [-0.1, -0.05) is 30.6 Å². The number of allylic oxidation sites excluding steroid dienone is 4. The molecule has 1 aliphatic rings. The fourth-order valence-electron chi connectivity index (χ4n) is 1.54. The van der Waals surface area contributed by atoms with Gasteiger partial charge in [-0.05, 0) is 38.7 Å². The van der Waals surface area contributed by atoms with Crippen molar-refractivity contribution in [2.45, 2.75) is 46.5 Å². The van der Waals surface area contributed by atoms with Crippen LogP contribution in [0.1, 0.15) is 46.5 Å². The van der Waals surface area contributed by atoms with Crippen LogP contribution in [0.25, 0.3) is 0 Å². The Kier molecular flexibility index (Phi) is 2.92. The minimum atomic E-state index is 1.22. The summed E-state index contributed by atoms with van der Waals surface area (Å²) in [6.07, 6.45) is 7.55. The molecule has 1 aliphatic carbocycles. The Bertz CT molecular complexity index is 194. The summed E-state index contributed by atoms with van der Waals surface area (Å²) >= 11 is 0. The zero-order valence-electron chi connectivity index (χ0n) is 7.91. The molecule has 0 atom stereocenters. The van der Waals surface area contributed by atoms with Gasteiger partial charge in [-0.2, -0.15) is 0 Å². The molecule has 0 amide bonds. The molecule has 0 aromatic rings. The monoisotopic (exact) mass is 150 g/mol. The van der Waals surface area contributed by atoms with Gasteiger partial charge in [0.15, 0.2) is 0 Å². The molecule has 0 radical (unpaired) electrons. The molecule has 0 spiro atoms. The number of hydrogen-bond acceptors (Lipinski definition) is 0. The molecule has 0 saturated heterocycles. The first-order valence-corrected chi connectivity index (χ1v) is 4.61. The number of rotatable bonds is 3. The van der Waals surface area contributed by atoms with E-state index >= 15 is 0 Å². The van der Waals surface area contributed by atoms with Gasteiger partial charge in [0.2, 0.25) is 0 Å². The summed E-state index contributed by atoms with van der Waals surface area (Å²) < 4.78 is 0. The van der Waals surface area contributed by atoms with Crippen molar-refractivity contribution in [3.05, 3.63) is 22.8 Å². The fourth-order valence-corrected chi connectivity index (χ4v) is 1.54. The standard InChI is InChI=1S/C11H18/c1-4-5-6-11-8-7-9(2)10(11)3/h7H,4-6,8H2,1-3H3. The lowest BCUT2D eigenvalue weighted by Crippen LogP contribution is -1.83. The highest BCUT2D eigenvalue weighted by Crippen LogP contribution is 2.28. The number of unbranched alkanes of at least 4 members (excludes halogenated alkanes) is 1. The van der Waals surface area contributed by atoms with Gasteiger partial charge in [0.25, 0.3) is 0 Å². The van der Waals surface area contributed by atoms with Crippen LogP contribution in [0.2, 0.25) is 0 Å². The minimum Gasteiger partial charge on any atom is -0.0772 e. The zero-order chi connectivity index (χ0) is 8.27. The van der Waals surface area contributed by atoms with Gasteiger partial charge in [-0.15, -0.1) is 0 Å². The topological polar surface area (TPSA) is 0 Å². The number of hydrogen-bond donors (Lipinski definition) is 0. The van der Waals surface area contributed by atoms with E-state index < -0.39 is 0 Å². The first kappa shape index (κ1) is 8.58. The second-order valence-corrected chi connectivity index (χ2v) is 3.42. The lowest BCUT2D eigenvalue weighted by molar-refractivity contribution is 0.774. The third-order valence-corrected chi connectivity index (χ3v) is 2.61. The first-order valence-electron chi connectivity index (χ1n) is 4.61. The van der Waals surface area contributed by atoms with Gasteiger partial charge in [-0.3, -0.25) is 0 Å². The Hall–Kier alpha value is -0.520. The first-order chi connectivity index (χ1) is 5.25. The maximum atomic E-state index is 2.35. The minimum absolute atomic E-state index is 1.22. The van der Waals surface area contributed by atoms with Crippen LogP contribution in [0.5, 0.6) is 0 Å². The molecule has 62 valence electrons. The van der Waals surface area contributed by atoms with E-state index in [1.165, 1.54) is 31.3 Å². The van der Waals surface area contributed by atoms with Crippen molar-refractivity contribution in [1.82, 2.24) is 0 Å². The molecule has 0 aromatic carbocycles. The van der Waals surface area contributed by atoms with E-state index in [0.717, 1.165) is 0 Å². The molecular formula is C11H18. The predicted molar refractivity (Wildman–Crippen MR) is 50.6 cm³/mol. The molecule has 0 unspecified atom stereocenters. The average Bonchev–Trinajstić information content (AvgIpc) is 2.31. The highest BCUT2D eigenvalue weighted by atomic mass is 14.1. The van der Waals surface area contributed by atoms with Gasteiger partial charge >= 0.3 is 0 Å². The van der Waals surface area contributed by atoms with Crippen LogP contribution in [0.4, 0.5) is 0 Å². The molecule has 11 heavy (non-hydrogen) atoms. The van der Waals surface area contributed by atoms with Crippen LogP contribution >= 0.6 is 0 Å². The fraction of sp³-hybridized carbons (Fsp3) is 0.636. The van der Waals surface area contributed by atoms with E-state index in [9.17, 15) is 0 Å². The van der Waals surface area contributed by atoms with Crippen molar-refractivity contribution in [3.63, 3.8) is 0 Å². The van der Waals surface area contributed by atoms with E-state index in [1.54, 1.807) is 11.1 Å². The zero-order valence-corrected chi connectivity index (χ0v) is 7.91. The molecule has 1 rings (SSSR count). The van der Waals surface area contributed by atoms with E-state index in [1.807, 2.05) is 0 Å². The van der Waals surface area contributed by atoms with Crippen molar-refractivity contribution < 1.29 is 0 Å². The van der Waals surface area contributed by atoms with E-state index in [-0.39, 0.29) is 0 Å². The Balaban J connectivity index is 2.49. The lowest BCUT2D eigenvalue weighted by atomic mass is 10.0. The van der Waals surface area contributed by atoms with Crippen LogP contribution in [0.3, 0.4) is 0 Å².